The van der Waals surface area contributed by atoms with E-state index in [0.29, 0.717) is 0 Å². The summed E-state index contributed by atoms with van der Waals surface area (Å²) in [6.07, 6.45) is 13.5. The number of hydrogen-bond donors (Lipinski definition) is 1. The summed E-state index contributed by atoms with van der Waals surface area (Å²) in [5.41, 5.74) is 2.05. The van der Waals surface area contributed by atoms with E-state index >= 15 is 0 Å². The third kappa shape index (κ3) is 8.75. The van der Waals surface area contributed by atoms with Crippen LogP contribution >= 0.6 is 0 Å². The maximum absolute atomic E-state index is 13.1. The van der Waals surface area contributed by atoms with Gasteiger partial charge in [0, 0.05) is 12.2 Å². The van der Waals surface area contributed by atoms with Gasteiger partial charge in [0.25, 0.3) is 0 Å². The van der Waals surface area contributed by atoms with Crippen LogP contribution in [-0.2, 0) is 0 Å². The Morgan fingerprint density at radius 1 is 0.857 bits per heavy atom. The number of rotatable bonds is 12. The zero-order chi connectivity index (χ0) is 15.3. The van der Waals surface area contributed by atoms with Crippen molar-refractivity contribution in [3.63, 3.8) is 0 Å². The number of anilines is 1. The first-order chi connectivity index (χ1) is 10.2. The van der Waals surface area contributed by atoms with Gasteiger partial charge in [0.15, 0.2) is 0 Å². The van der Waals surface area contributed by atoms with Crippen molar-refractivity contribution in [3.8, 4) is 0 Å². The molecular weight excluding hydrogens is 261 g/mol. The monoisotopic (exact) mass is 293 g/mol. The topological polar surface area (TPSA) is 12.0 Å². The van der Waals surface area contributed by atoms with E-state index in [4.69, 9.17) is 0 Å². The lowest BCUT2D eigenvalue weighted by atomic mass is 10.1. The van der Waals surface area contributed by atoms with Crippen molar-refractivity contribution in [2.75, 3.05) is 11.9 Å². The van der Waals surface area contributed by atoms with Crippen molar-refractivity contribution < 1.29 is 4.39 Å². The number of hydrogen-bond acceptors (Lipinski definition) is 1. The van der Waals surface area contributed by atoms with Crippen LogP contribution in [0.1, 0.15) is 76.7 Å². The molecule has 120 valence electrons. The van der Waals surface area contributed by atoms with Gasteiger partial charge in [0.05, 0.1) is 0 Å². The highest BCUT2D eigenvalue weighted by Gasteiger charge is 1.99. The second-order valence-corrected chi connectivity index (χ2v) is 6.07. The van der Waals surface area contributed by atoms with E-state index in [-0.39, 0.29) is 5.82 Å². The highest BCUT2D eigenvalue weighted by molar-refractivity contribution is 5.50. The molecule has 1 aromatic rings. The zero-order valence-corrected chi connectivity index (χ0v) is 13.9. The van der Waals surface area contributed by atoms with E-state index in [1.165, 1.54) is 70.3 Å². The molecule has 0 radical (unpaired) electrons. The van der Waals surface area contributed by atoms with Crippen LogP contribution in [0.2, 0.25) is 0 Å². The van der Waals surface area contributed by atoms with Crippen LogP contribution < -0.4 is 5.32 Å². The van der Waals surface area contributed by atoms with Gasteiger partial charge in [-0.2, -0.15) is 0 Å². The Morgan fingerprint density at radius 2 is 1.43 bits per heavy atom. The Morgan fingerprint density at radius 3 is 2.05 bits per heavy atom. The Hall–Kier alpha value is -1.05. The standard InChI is InChI=1S/C19H32FN/c1-3-4-5-6-7-8-9-10-11-12-15-21-19-16-18(20)14-13-17(19)2/h13-14,16,21H,3-12,15H2,1-2H3. The predicted molar refractivity (Wildman–Crippen MR) is 91.5 cm³/mol. The van der Waals surface area contributed by atoms with Crippen LogP contribution in [0.15, 0.2) is 18.2 Å². The molecule has 1 nitrogen and oxygen atoms in total. The molecule has 0 atom stereocenters. The summed E-state index contributed by atoms with van der Waals surface area (Å²) in [5, 5.41) is 3.34. The van der Waals surface area contributed by atoms with E-state index in [9.17, 15) is 4.39 Å². The van der Waals surface area contributed by atoms with Crippen LogP contribution in [0, 0.1) is 12.7 Å². The molecule has 0 aliphatic heterocycles. The number of unbranched alkanes of at least 4 members (excludes halogenated alkanes) is 9. The largest absolute Gasteiger partial charge is 0.385 e. The van der Waals surface area contributed by atoms with E-state index in [2.05, 4.69) is 12.2 Å². The van der Waals surface area contributed by atoms with Gasteiger partial charge in [0.2, 0.25) is 0 Å². The van der Waals surface area contributed by atoms with Gasteiger partial charge in [-0.05, 0) is 31.0 Å². The summed E-state index contributed by atoms with van der Waals surface area (Å²) in [6.45, 7) is 5.22. The van der Waals surface area contributed by atoms with Gasteiger partial charge in [-0.1, -0.05) is 70.8 Å². The molecule has 0 aliphatic rings. The van der Waals surface area contributed by atoms with Crippen molar-refractivity contribution in [1.82, 2.24) is 0 Å². The molecule has 0 heterocycles. The van der Waals surface area contributed by atoms with E-state index in [0.717, 1.165) is 17.8 Å². The molecular formula is C19H32FN. The van der Waals surface area contributed by atoms with Crippen LogP contribution in [-0.4, -0.2) is 6.54 Å². The zero-order valence-electron chi connectivity index (χ0n) is 13.9. The van der Waals surface area contributed by atoms with Crippen molar-refractivity contribution in [2.24, 2.45) is 0 Å². The summed E-state index contributed by atoms with van der Waals surface area (Å²) < 4.78 is 13.1. The minimum atomic E-state index is -0.161. The van der Waals surface area contributed by atoms with Crippen LogP contribution in [0.3, 0.4) is 0 Å². The molecule has 1 aromatic carbocycles. The first-order valence-electron chi connectivity index (χ1n) is 8.74. The average Bonchev–Trinajstić information content (AvgIpc) is 2.48. The van der Waals surface area contributed by atoms with Crippen molar-refractivity contribution in [2.45, 2.75) is 78.1 Å². The molecule has 0 unspecified atom stereocenters. The normalized spacial score (nSPS) is 10.8. The maximum atomic E-state index is 13.1. The highest BCUT2D eigenvalue weighted by atomic mass is 19.1. The lowest BCUT2D eigenvalue weighted by Crippen LogP contribution is -2.03. The molecule has 2 heteroatoms. The van der Waals surface area contributed by atoms with Gasteiger partial charge in [-0.15, -0.1) is 0 Å². The maximum Gasteiger partial charge on any atom is 0.125 e. The minimum absolute atomic E-state index is 0.161. The van der Waals surface area contributed by atoms with Gasteiger partial charge in [0.1, 0.15) is 5.82 Å². The molecule has 0 bridgehead atoms. The van der Waals surface area contributed by atoms with Crippen molar-refractivity contribution >= 4 is 5.69 Å². The SMILES string of the molecule is CCCCCCCCCCCCNc1cc(F)ccc1C. The Labute approximate surface area is 130 Å². The summed E-state index contributed by atoms with van der Waals surface area (Å²) in [7, 11) is 0. The van der Waals surface area contributed by atoms with Crippen LogP contribution in [0.25, 0.3) is 0 Å². The molecule has 0 fully saturated rings. The first kappa shape index (κ1) is 18.0. The second kappa shape index (κ2) is 11.6. The molecule has 1 N–H and O–H groups in total. The summed E-state index contributed by atoms with van der Waals surface area (Å²) in [4.78, 5) is 0. The fraction of sp³-hybridized carbons (Fsp3) is 0.684. The Balaban J connectivity index is 1.94. The van der Waals surface area contributed by atoms with Gasteiger partial charge >= 0.3 is 0 Å². The van der Waals surface area contributed by atoms with E-state index < -0.39 is 0 Å². The number of benzene rings is 1. The first-order valence-corrected chi connectivity index (χ1v) is 8.74. The number of aryl methyl sites for hydroxylation is 1. The summed E-state index contributed by atoms with van der Waals surface area (Å²) in [5.74, 6) is -0.161. The molecule has 1 rings (SSSR count). The lowest BCUT2D eigenvalue weighted by Gasteiger charge is -2.09. The quantitative estimate of drug-likeness (QED) is 0.436. The van der Waals surface area contributed by atoms with Crippen LogP contribution in [0.5, 0.6) is 0 Å². The summed E-state index contributed by atoms with van der Waals surface area (Å²) in [6, 6.07) is 4.93. The minimum Gasteiger partial charge on any atom is -0.385 e. The molecule has 0 saturated carbocycles. The molecule has 0 spiro atoms. The van der Waals surface area contributed by atoms with E-state index in [1.807, 2.05) is 13.0 Å². The molecule has 21 heavy (non-hydrogen) atoms. The second-order valence-electron chi connectivity index (χ2n) is 6.07. The van der Waals surface area contributed by atoms with Crippen molar-refractivity contribution in [1.29, 1.82) is 0 Å². The van der Waals surface area contributed by atoms with E-state index in [1.54, 1.807) is 6.07 Å². The third-order valence-electron chi connectivity index (χ3n) is 4.05. The third-order valence-corrected chi connectivity index (χ3v) is 4.05. The Kier molecular flexibility index (Phi) is 9.94. The fourth-order valence-electron chi connectivity index (χ4n) is 2.62. The predicted octanol–water partition coefficient (Wildman–Crippen LogP) is 6.47. The van der Waals surface area contributed by atoms with Crippen LogP contribution in [0.4, 0.5) is 10.1 Å². The lowest BCUT2D eigenvalue weighted by molar-refractivity contribution is 0.560. The average molecular weight is 293 g/mol. The Bertz CT molecular complexity index is 376. The fourth-order valence-corrected chi connectivity index (χ4v) is 2.62. The number of nitrogens with one attached hydrogen (secondary N) is 1. The molecule has 0 aromatic heterocycles. The van der Waals surface area contributed by atoms with Gasteiger partial charge in [-0.25, -0.2) is 4.39 Å². The smallest absolute Gasteiger partial charge is 0.125 e. The van der Waals surface area contributed by atoms with Crippen molar-refractivity contribution in [3.05, 3.63) is 29.6 Å². The van der Waals surface area contributed by atoms with Gasteiger partial charge < -0.3 is 5.32 Å². The molecule has 0 aliphatic carbocycles. The van der Waals surface area contributed by atoms with Gasteiger partial charge in [-0.3, -0.25) is 0 Å². The highest BCUT2D eigenvalue weighted by Crippen LogP contribution is 2.16. The number of halogens is 1. The summed E-state index contributed by atoms with van der Waals surface area (Å²) >= 11 is 0. The molecule has 0 amide bonds. The molecule has 0 saturated heterocycles.